The van der Waals surface area contributed by atoms with Crippen molar-refractivity contribution in [3.05, 3.63) is 35.9 Å². The van der Waals surface area contributed by atoms with E-state index in [4.69, 9.17) is 15.9 Å². The highest BCUT2D eigenvalue weighted by Gasteiger charge is 2.25. The highest BCUT2D eigenvalue weighted by Crippen LogP contribution is 2.09. The first kappa shape index (κ1) is 17.6. The molecule has 0 spiro atoms. The summed E-state index contributed by atoms with van der Waals surface area (Å²) in [6.45, 7) is 5.10. The maximum Gasteiger partial charge on any atom is 0.408 e. The van der Waals surface area contributed by atoms with Gasteiger partial charge in [0.25, 0.3) is 0 Å². The third-order valence-electron chi connectivity index (χ3n) is 2.56. The summed E-state index contributed by atoms with van der Waals surface area (Å²) in [4.78, 5) is 23.9. The lowest BCUT2D eigenvalue weighted by Crippen LogP contribution is -2.45. The van der Waals surface area contributed by atoms with Crippen molar-refractivity contribution in [3.63, 3.8) is 0 Å². The smallest absolute Gasteiger partial charge is 0.408 e. The van der Waals surface area contributed by atoms with E-state index in [0.717, 1.165) is 5.56 Å². The van der Waals surface area contributed by atoms with Crippen molar-refractivity contribution in [1.82, 2.24) is 5.32 Å². The van der Waals surface area contributed by atoms with E-state index in [1.165, 1.54) is 0 Å². The molecule has 0 aliphatic rings. The molecule has 1 rings (SSSR count). The van der Waals surface area contributed by atoms with Crippen LogP contribution in [0.5, 0.6) is 0 Å². The Labute approximate surface area is 131 Å². The summed E-state index contributed by atoms with van der Waals surface area (Å²) in [5, 5.41) is 2.53. The van der Waals surface area contributed by atoms with Gasteiger partial charge in [-0.15, -0.1) is 6.42 Å². The lowest BCUT2D eigenvalue weighted by atomic mass is 10.1. The monoisotopic (exact) mass is 303 g/mol. The van der Waals surface area contributed by atoms with Crippen molar-refractivity contribution in [2.75, 3.05) is 6.61 Å². The van der Waals surface area contributed by atoms with Gasteiger partial charge < -0.3 is 14.8 Å². The largest absolute Gasteiger partial charge is 0.451 e. The highest BCUT2D eigenvalue weighted by atomic mass is 16.6. The van der Waals surface area contributed by atoms with Gasteiger partial charge in [0, 0.05) is 6.42 Å². The first-order valence-electron chi connectivity index (χ1n) is 6.95. The zero-order valence-electron chi connectivity index (χ0n) is 13.1. The molecule has 5 heteroatoms. The van der Waals surface area contributed by atoms with Gasteiger partial charge >= 0.3 is 12.1 Å². The zero-order valence-corrected chi connectivity index (χ0v) is 13.1. The average molecular weight is 303 g/mol. The van der Waals surface area contributed by atoms with Crippen LogP contribution in [-0.4, -0.2) is 30.3 Å². The summed E-state index contributed by atoms with van der Waals surface area (Å²) < 4.78 is 10.1. The van der Waals surface area contributed by atoms with Gasteiger partial charge in [-0.25, -0.2) is 9.59 Å². The van der Waals surface area contributed by atoms with Gasteiger partial charge in [-0.2, -0.15) is 0 Å². The first-order valence-corrected chi connectivity index (χ1v) is 6.95. The average Bonchev–Trinajstić information content (AvgIpc) is 2.43. The van der Waals surface area contributed by atoms with Crippen molar-refractivity contribution >= 4 is 12.1 Å². The maximum absolute atomic E-state index is 12.0. The molecule has 0 aromatic heterocycles. The number of alkyl carbamates (subject to hydrolysis) is 1. The highest BCUT2D eigenvalue weighted by molar-refractivity contribution is 5.81. The Kier molecular flexibility index (Phi) is 6.46. The number of benzene rings is 1. The van der Waals surface area contributed by atoms with Gasteiger partial charge in [0.1, 0.15) is 11.6 Å². The van der Waals surface area contributed by atoms with E-state index in [1.807, 2.05) is 30.3 Å². The van der Waals surface area contributed by atoms with Crippen LogP contribution in [0.4, 0.5) is 4.79 Å². The molecule has 5 nitrogen and oxygen atoms in total. The fraction of sp³-hybridized carbons (Fsp3) is 0.412. The van der Waals surface area contributed by atoms with Gasteiger partial charge in [-0.05, 0) is 26.3 Å². The van der Waals surface area contributed by atoms with Crippen LogP contribution in [0.25, 0.3) is 0 Å². The van der Waals surface area contributed by atoms with Crippen molar-refractivity contribution in [2.45, 2.75) is 38.8 Å². The minimum atomic E-state index is -0.856. The Morgan fingerprint density at radius 3 is 2.45 bits per heavy atom. The summed E-state index contributed by atoms with van der Waals surface area (Å²) >= 11 is 0. The van der Waals surface area contributed by atoms with E-state index in [-0.39, 0.29) is 6.61 Å². The van der Waals surface area contributed by atoms with Gasteiger partial charge in [0.15, 0.2) is 6.61 Å². The Morgan fingerprint density at radius 2 is 1.91 bits per heavy atom. The van der Waals surface area contributed by atoms with Gasteiger partial charge in [-0.3, -0.25) is 0 Å². The Balaban J connectivity index is 2.76. The fourth-order valence-electron chi connectivity index (χ4n) is 1.71. The summed E-state index contributed by atoms with van der Waals surface area (Å²) in [6, 6.07) is 8.44. The van der Waals surface area contributed by atoms with Gasteiger partial charge in [0.05, 0.1) is 0 Å². The van der Waals surface area contributed by atoms with E-state index in [1.54, 1.807) is 20.8 Å². The SMILES string of the molecule is C#CCOC(=O)C(Cc1ccccc1)NC(=O)OC(C)(C)C. The molecule has 0 bridgehead atoms. The molecule has 0 radical (unpaired) electrons. The molecule has 1 aromatic carbocycles. The van der Waals surface area contributed by atoms with Crippen molar-refractivity contribution in [3.8, 4) is 12.3 Å². The van der Waals surface area contributed by atoms with Crippen LogP contribution in [0.15, 0.2) is 30.3 Å². The van der Waals surface area contributed by atoms with E-state index in [2.05, 4.69) is 11.2 Å². The fourth-order valence-corrected chi connectivity index (χ4v) is 1.71. The molecular formula is C17H21NO4. The number of carbonyl (C=O) groups is 2. The van der Waals surface area contributed by atoms with Crippen molar-refractivity contribution in [2.24, 2.45) is 0 Å². The molecular weight excluding hydrogens is 282 g/mol. The molecule has 118 valence electrons. The Hall–Kier alpha value is -2.48. The predicted molar refractivity (Wildman–Crippen MR) is 83.1 cm³/mol. The molecule has 22 heavy (non-hydrogen) atoms. The number of hydrogen-bond donors (Lipinski definition) is 1. The van der Waals surface area contributed by atoms with Crippen LogP contribution in [0.1, 0.15) is 26.3 Å². The molecule has 1 amide bonds. The number of nitrogens with one attached hydrogen (secondary N) is 1. The number of amides is 1. The van der Waals surface area contributed by atoms with Gasteiger partial charge in [-0.1, -0.05) is 36.3 Å². The van der Waals surface area contributed by atoms with Crippen molar-refractivity contribution < 1.29 is 19.1 Å². The predicted octanol–water partition coefficient (Wildman–Crippen LogP) is 2.30. The summed E-state index contributed by atoms with van der Waals surface area (Å²) in [5.41, 5.74) is 0.241. The lowest BCUT2D eigenvalue weighted by Gasteiger charge is -2.22. The Morgan fingerprint density at radius 1 is 1.27 bits per heavy atom. The van der Waals surface area contributed by atoms with E-state index in [0.29, 0.717) is 6.42 Å². The van der Waals surface area contributed by atoms with Crippen LogP contribution in [0.2, 0.25) is 0 Å². The van der Waals surface area contributed by atoms with E-state index >= 15 is 0 Å². The first-order chi connectivity index (χ1) is 10.3. The van der Waals surface area contributed by atoms with Crippen LogP contribution >= 0.6 is 0 Å². The topological polar surface area (TPSA) is 64.6 Å². The zero-order chi connectivity index (χ0) is 16.6. The number of carbonyl (C=O) groups excluding carboxylic acids is 2. The van der Waals surface area contributed by atoms with Crippen LogP contribution in [0.3, 0.4) is 0 Å². The quantitative estimate of drug-likeness (QED) is 0.669. The minimum absolute atomic E-state index is 0.139. The maximum atomic E-state index is 12.0. The third kappa shape index (κ3) is 6.80. The number of hydrogen-bond acceptors (Lipinski definition) is 4. The summed E-state index contributed by atoms with van der Waals surface area (Å²) in [7, 11) is 0. The molecule has 1 atom stereocenters. The minimum Gasteiger partial charge on any atom is -0.451 e. The van der Waals surface area contributed by atoms with Crippen molar-refractivity contribution in [1.29, 1.82) is 0 Å². The van der Waals surface area contributed by atoms with Crippen LogP contribution in [-0.2, 0) is 20.7 Å². The van der Waals surface area contributed by atoms with E-state index in [9.17, 15) is 9.59 Å². The second kappa shape index (κ2) is 8.08. The summed E-state index contributed by atoms with van der Waals surface area (Å²) in [5.74, 6) is 1.63. The van der Waals surface area contributed by atoms with Crippen LogP contribution in [0, 0.1) is 12.3 Å². The molecule has 0 fully saturated rings. The molecule has 1 unspecified atom stereocenters. The molecule has 0 saturated carbocycles. The molecule has 1 aromatic rings. The standard InChI is InChI=1S/C17H21NO4/c1-5-11-21-15(19)14(12-13-9-7-6-8-10-13)18-16(20)22-17(2,3)4/h1,6-10,14H,11-12H2,2-4H3,(H,18,20). The van der Waals surface area contributed by atoms with Gasteiger partial charge in [0.2, 0.25) is 0 Å². The Bertz CT molecular complexity index is 540. The third-order valence-corrected chi connectivity index (χ3v) is 2.56. The summed E-state index contributed by atoms with van der Waals surface area (Å²) in [6.07, 6.45) is 4.69. The number of ether oxygens (including phenoxy) is 2. The number of esters is 1. The second-order valence-corrected chi connectivity index (χ2v) is 5.70. The molecule has 0 heterocycles. The molecule has 0 saturated heterocycles. The molecule has 1 N–H and O–H groups in total. The number of terminal acetylenes is 1. The second-order valence-electron chi connectivity index (χ2n) is 5.70. The normalized spacial score (nSPS) is 11.9. The molecule has 0 aliphatic heterocycles. The lowest BCUT2D eigenvalue weighted by molar-refractivity contribution is -0.144. The van der Waals surface area contributed by atoms with Crippen LogP contribution < -0.4 is 5.32 Å². The van der Waals surface area contributed by atoms with E-state index < -0.39 is 23.7 Å². The molecule has 0 aliphatic carbocycles. The number of rotatable bonds is 5.